The van der Waals surface area contributed by atoms with Gasteiger partial charge in [-0.25, -0.2) is 0 Å². The van der Waals surface area contributed by atoms with Crippen LogP contribution in [0.3, 0.4) is 0 Å². The highest BCUT2D eigenvalue weighted by Gasteiger charge is 2.17. The largest absolute Gasteiger partial charge is 0.303 e. The molecular weight excluding hydrogens is 206 g/mol. The molecule has 76 valence electrons. The van der Waals surface area contributed by atoms with E-state index in [1.165, 1.54) is 12.4 Å². The fourth-order valence-electron chi connectivity index (χ4n) is 1.04. The van der Waals surface area contributed by atoms with Crippen LogP contribution in [-0.4, -0.2) is 30.0 Å². The Morgan fingerprint density at radius 1 is 1.57 bits per heavy atom. The molecule has 1 aromatic heterocycles. The average molecular weight is 215 g/mol. The molecule has 14 heavy (non-hydrogen) atoms. The molecule has 1 N–H and O–H groups in total. The third kappa shape index (κ3) is 3.23. The van der Waals surface area contributed by atoms with Gasteiger partial charge >= 0.3 is 0 Å². The monoisotopic (exact) mass is 215 g/mol. The summed E-state index contributed by atoms with van der Waals surface area (Å²) in [4.78, 5) is 14.3. The number of carbonyl (C=O) groups is 1. The van der Waals surface area contributed by atoms with Gasteiger partial charge in [0.2, 0.25) is 0 Å². The molecule has 0 aliphatic heterocycles. The van der Waals surface area contributed by atoms with E-state index in [1.54, 1.807) is 12.1 Å². The lowest BCUT2D eigenvalue weighted by atomic mass is 10.1. The molecule has 1 rings (SSSR count). The van der Waals surface area contributed by atoms with Crippen molar-refractivity contribution >= 4 is 16.4 Å². The Balaban J connectivity index is 2.89. The molecule has 0 aromatic carbocycles. The number of nitrogens with zero attached hydrogens (tertiary/aromatic N) is 1. The Morgan fingerprint density at radius 3 is 2.71 bits per heavy atom. The zero-order valence-corrected chi connectivity index (χ0v) is 8.02. The van der Waals surface area contributed by atoms with E-state index in [2.05, 4.69) is 4.98 Å². The zero-order valence-electron chi connectivity index (χ0n) is 7.20. The summed E-state index contributed by atoms with van der Waals surface area (Å²) in [6.07, 6.45) is 3.38. The fraction of sp³-hybridized carbons (Fsp3) is 0.250. The molecule has 0 spiro atoms. The molecule has 0 aliphatic rings. The lowest BCUT2D eigenvalue weighted by molar-refractivity contribution is -0.108. The molecule has 0 saturated carbocycles. The summed E-state index contributed by atoms with van der Waals surface area (Å²) in [7, 11) is -4.14. The van der Waals surface area contributed by atoms with Crippen LogP contribution in [0.1, 0.15) is 11.5 Å². The third-order valence-electron chi connectivity index (χ3n) is 1.67. The van der Waals surface area contributed by atoms with Gasteiger partial charge in [0, 0.05) is 12.4 Å². The van der Waals surface area contributed by atoms with Crippen molar-refractivity contribution < 1.29 is 17.8 Å². The predicted octanol–water partition coefficient (Wildman–Crippen LogP) is 0.252. The molecule has 0 radical (unpaired) electrons. The third-order valence-corrected chi connectivity index (χ3v) is 2.45. The first-order valence-corrected chi connectivity index (χ1v) is 5.44. The zero-order chi connectivity index (χ0) is 10.6. The molecule has 0 fully saturated rings. The van der Waals surface area contributed by atoms with E-state index in [4.69, 9.17) is 4.55 Å². The number of hydrogen-bond acceptors (Lipinski definition) is 4. The van der Waals surface area contributed by atoms with E-state index in [1.807, 2.05) is 0 Å². The Hall–Kier alpha value is -1.27. The fourth-order valence-corrected chi connectivity index (χ4v) is 1.76. The van der Waals surface area contributed by atoms with Crippen molar-refractivity contribution in [3.63, 3.8) is 0 Å². The highest BCUT2D eigenvalue weighted by Crippen LogP contribution is 2.13. The summed E-state index contributed by atoms with van der Waals surface area (Å²) >= 11 is 0. The normalized spacial score (nSPS) is 13.5. The molecule has 1 unspecified atom stereocenters. The van der Waals surface area contributed by atoms with Crippen molar-refractivity contribution in [2.75, 3.05) is 5.75 Å². The summed E-state index contributed by atoms with van der Waals surface area (Å²) < 4.78 is 29.7. The van der Waals surface area contributed by atoms with Crippen LogP contribution in [-0.2, 0) is 14.9 Å². The molecule has 5 nitrogen and oxygen atoms in total. The van der Waals surface area contributed by atoms with Gasteiger partial charge < -0.3 is 4.79 Å². The van der Waals surface area contributed by atoms with Crippen LogP contribution in [0.4, 0.5) is 0 Å². The average Bonchev–Trinajstić information content (AvgIpc) is 2.14. The van der Waals surface area contributed by atoms with Crippen LogP contribution < -0.4 is 0 Å². The minimum absolute atomic E-state index is 0.472. The van der Waals surface area contributed by atoms with Crippen LogP contribution in [0, 0.1) is 0 Å². The number of rotatable bonds is 4. The maximum absolute atomic E-state index is 10.6. The summed E-state index contributed by atoms with van der Waals surface area (Å²) in [5.41, 5.74) is 0.472. The molecule has 0 amide bonds. The molecule has 1 atom stereocenters. The number of pyridine rings is 1. The topological polar surface area (TPSA) is 84.3 Å². The van der Waals surface area contributed by atoms with Gasteiger partial charge in [0.1, 0.15) is 6.29 Å². The van der Waals surface area contributed by atoms with Crippen LogP contribution in [0.2, 0.25) is 0 Å². The van der Waals surface area contributed by atoms with Crippen molar-refractivity contribution in [3.05, 3.63) is 30.1 Å². The van der Waals surface area contributed by atoms with E-state index in [-0.39, 0.29) is 0 Å². The second-order valence-corrected chi connectivity index (χ2v) is 4.27. The van der Waals surface area contributed by atoms with Gasteiger partial charge in [-0.2, -0.15) is 8.42 Å². The van der Waals surface area contributed by atoms with Crippen LogP contribution in [0.5, 0.6) is 0 Å². The summed E-state index contributed by atoms with van der Waals surface area (Å²) in [5.74, 6) is -1.47. The van der Waals surface area contributed by atoms with Gasteiger partial charge in [0.25, 0.3) is 10.1 Å². The Morgan fingerprint density at radius 2 is 2.29 bits per heavy atom. The summed E-state index contributed by atoms with van der Waals surface area (Å²) in [6, 6.07) is 3.17. The Labute approximate surface area is 81.5 Å². The van der Waals surface area contributed by atoms with Gasteiger partial charge in [0.15, 0.2) is 0 Å². The van der Waals surface area contributed by atoms with Gasteiger partial charge in [-0.15, -0.1) is 0 Å². The first-order valence-electron chi connectivity index (χ1n) is 3.83. The van der Waals surface area contributed by atoms with Crippen molar-refractivity contribution in [3.8, 4) is 0 Å². The minimum Gasteiger partial charge on any atom is -0.303 e. The molecule has 0 aliphatic carbocycles. The minimum atomic E-state index is -4.14. The summed E-state index contributed by atoms with van der Waals surface area (Å²) in [6.45, 7) is 0. The maximum Gasteiger partial charge on any atom is 0.265 e. The first kappa shape index (κ1) is 10.8. The molecule has 0 saturated heterocycles. The predicted molar refractivity (Wildman–Crippen MR) is 49.5 cm³/mol. The van der Waals surface area contributed by atoms with E-state index in [0.29, 0.717) is 11.8 Å². The Kier molecular flexibility index (Phi) is 3.32. The molecule has 0 bridgehead atoms. The van der Waals surface area contributed by atoms with E-state index >= 15 is 0 Å². The number of aromatic nitrogens is 1. The van der Waals surface area contributed by atoms with Gasteiger partial charge in [-0.1, -0.05) is 6.07 Å². The smallest absolute Gasteiger partial charge is 0.265 e. The van der Waals surface area contributed by atoms with Crippen LogP contribution in [0.15, 0.2) is 24.5 Å². The second-order valence-electron chi connectivity index (χ2n) is 2.78. The van der Waals surface area contributed by atoms with Crippen molar-refractivity contribution in [1.82, 2.24) is 4.98 Å². The number of hydrogen-bond donors (Lipinski definition) is 1. The van der Waals surface area contributed by atoms with Gasteiger partial charge in [0.05, 0.1) is 11.7 Å². The van der Waals surface area contributed by atoms with Crippen molar-refractivity contribution in [2.45, 2.75) is 5.92 Å². The SMILES string of the molecule is O=CC(CS(=O)(=O)O)c1cccnc1. The Bertz CT molecular complexity index is 401. The molecule has 1 aromatic rings. The van der Waals surface area contributed by atoms with Crippen molar-refractivity contribution in [2.24, 2.45) is 0 Å². The number of carbonyl (C=O) groups excluding carboxylic acids is 1. The lowest BCUT2D eigenvalue weighted by Crippen LogP contribution is -2.14. The number of aldehydes is 1. The van der Waals surface area contributed by atoms with E-state index < -0.39 is 21.8 Å². The highest BCUT2D eigenvalue weighted by molar-refractivity contribution is 7.85. The van der Waals surface area contributed by atoms with Gasteiger partial charge in [-0.05, 0) is 11.6 Å². The summed E-state index contributed by atoms with van der Waals surface area (Å²) in [5, 5.41) is 0. The molecule has 1 heterocycles. The first-order chi connectivity index (χ1) is 6.53. The second kappa shape index (κ2) is 4.30. The standard InChI is InChI=1S/C8H9NO4S/c10-5-8(6-14(11,12)13)7-2-1-3-9-4-7/h1-5,8H,6H2,(H,11,12,13). The van der Waals surface area contributed by atoms with Crippen molar-refractivity contribution in [1.29, 1.82) is 0 Å². The van der Waals surface area contributed by atoms with E-state index in [0.717, 1.165) is 0 Å². The maximum atomic E-state index is 10.6. The quantitative estimate of drug-likeness (QED) is 0.575. The molecular formula is C8H9NO4S. The van der Waals surface area contributed by atoms with Gasteiger partial charge in [-0.3, -0.25) is 9.54 Å². The van der Waals surface area contributed by atoms with Crippen LogP contribution >= 0.6 is 0 Å². The van der Waals surface area contributed by atoms with Crippen LogP contribution in [0.25, 0.3) is 0 Å². The highest BCUT2D eigenvalue weighted by atomic mass is 32.2. The molecule has 6 heteroatoms. The van der Waals surface area contributed by atoms with E-state index in [9.17, 15) is 13.2 Å². The lowest BCUT2D eigenvalue weighted by Gasteiger charge is -2.06.